The molecule has 0 fully saturated rings. The largest absolute Gasteiger partial charge is 0.388 e. The summed E-state index contributed by atoms with van der Waals surface area (Å²) in [5, 5.41) is 6.62. The summed E-state index contributed by atoms with van der Waals surface area (Å²) >= 11 is 0. The normalized spacial score (nSPS) is 10.4. The highest BCUT2D eigenvalue weighted by molar-refractivity contribution is 5.43. The van der Waals surface area contributed by atoms with Crippen molar-refractivity contribution in [1.82, 2.24) is 5.32 Å². The first-order valence-corrected chi connectivity index (χ1v) is 6.81. The zero-order valence-corrected chi connectivity index (χ0v) is 11.7. The molecule has 0 unspecified atom stereocenters. The van der Waals surface area contributed by atoms with Crippen molar-refractivity contribution in [2.24, 2.45) is 0 Å². The molecular formula is C17H22N2. The molecule has 0 amide bonds. The summed E-state index contributed by atoms with van der Waals surface area (Å²) in [5.74, 6) is 0. The van der Waals surface area contributed by atoms with Gasteiger partial charge in [0.15, 0.2) is 0 Å². The lowest BCUT2D eigenvalue weighted by atomic mass is 10.1. The highest BCUT2D eigenvalue weighted by Gasteiger charge is 1.97. The summed E-state index contributed by atoms with van der Waals surface area (Å²) in [6.07, 6.45) is 1.08. The Kier molecular flexibility index (Phi) is 4.99. The monoisotopic (exact) mass is 254 g/mol. The molecule has 0 saturated carbocycles. The van der Waals surface area contributed by atoms with Crippen molar-refractivity contribution in [3.63, 3.8) is 0 Å². The van der Waals surface area contributed by atoms with Crippen molar-refractivity contribution in [3.05, 3.63) is 65.2 Å². The number of hydrogen-bond acceptors (Lipinski definition) is 2. The number of aryl methyl sites for hydroxylation is 1. The van der Waals surface area contributed by atoms with E-state index in [0.29, 0.717) is 0 Å². The van der Waals surface area contributed by atoms with Gasteiger partial charge >= 0.3 is 0 Å². The quantitative estimate of drug-likeness (QED) is 0.772. The molecule has 19 heavy (non-hydrogen) atoms. The number of hydrogen-bond donors (Lipinski definition) is 2. The molecule has 2 N–H and O–H groups in total. The average molecular weight is 254 g/mol. The van der Waals surface area contributed by atoms with E-state index in [0.717, 1.165) is 25.2 Å². The minimum absolute atomic E-state index is 0.926. The number of benzene rings is 2. The maximum atomic E-state index is 3.49. The van der Waals surface area contributed by atoms with E-state index in [1.807, 2.05) is 7.05 Å². The molecule has 0 aliphatic rings. The van der Waals surface area contributed by atoms with Gasteiger partial charge in [0, 0.05) is 19.3 Å². The minimum Gasteiger partial charge on any atom is -0.388 e. The first-order chi connectivity index (χ1) is 9.29. The van der Waals surface area contributed by atoms with Crippen LogP contribution in [0.5, 0.6) is 0 Å². The Bertz CT molecular complexity index is 503. The second-order valence-electron chi connectivity index (χ2n) is 4.80. The van der Waals surface area contributed by atoms with E-state index in [-0.39, 0.29) is 0 Å². The van der Waals surface area contributed by atoms with Crippen LogP contribution in [0.25, 0.3) is 0 Å². The van der Waals surface area contributed by atoms with E-state index >= 15 is 0 Å². The van der Waals surface area contributed by atoms with Crippen LogP contribution in [0.3, 0.4) is 0 Å². The van der Waals surface area contributed by atoms with Crippen molar-refractivity contribution in [3.8, 4) is 0 Å². The van der Waals surface area contributed by atoms with Crippen molar-refractivity contribution in [1.29, 1.82) is 0 Å². The lowest BCUT2D eigenvalue weighted by Gasteiger charge is -2.08. The Labute approximate surface area is 115 Å². The Morgan fingerprint density at radius 3 is 2.37 bits per heavy atom. The summed E-state index contributed by atoms with van der Waals surface area (Å²) in [6.45, 7) is 4.11. The van der Waals surface area contributed by atoms with Crippen molar-refractivity contribution in [2.45, 2.75) is 19.9 Å². The molecule has 0 aliphatic heterocycles. The van der Waals surface area contributed by atoms with Crippen molar-refractivity contribution >= 4 is 5.69 Å². The summed E-state index contributed by atoms with van der Waals surface area (Å²) < 4.78 is 0. The van der Waals surface area contributed by atoms with Gasteiger partial charge in [-0.1, -0.05) is 36.4 Å². The van der Waals surface area contributed by atoms with Gasteiger partial charge in [-0.05, 0) is 48.7 Å². The maximum absolute atomic E-state index is 3.49. The van der Waals surface area contributed by atoms with Crippen LogP contribution in [-0.4, -0.2) is 13.6 Å². The second kappa shape index (κ2) is 6.95. The number of nitrogens with one attached hydrogen (secondary N) is 2. The molecular weight excluding hydrogens is 232 g/mol. The van der Waals surface area contributed by atoms with Crippen LogP contribution in [0, 0.1) is 6.92 Å². The second-order valence-corrected chi connectivity index (χ2v) is 4.80. The van der Waals surface area contributed by atoms with Gasteiger partial charge in [-0.2, -0.15) is 0 Å². The molecule has 0 saturated heterocycles. The zero-order chi connectivity index (χ0) is 13.5. The molecule has 2 aromatic carbocycles. The smallest absolute Gasteiger partial charge is 0.0337 e. The van der Waals surface area contributed by atoms with E-state index in [1.165, 1.54) is 16.7 Å². The third-order valence-corrected chi connectivity index (χ3v) is 3.40. The van der Waals surface area contributed by atoms with E-state index in [4.69, 9.17) is 0 Å². The van der Waals surface area contributed by atoms with Gasteiger partial charge in [0.1, 0.15) is 0 Å². The Morgan fingerprint density at radius 2 is 1.68 bits per heavy atom. The molecule has 0 aromatic heterocycles. The summed E-state index contributed by atoms with van der Waals surface area (Å²) in [6, 6.07) is 17.1. The van der Waals surface area contributed by atoms with Crippen molar-refractivity contribution in [2.75, 3.05) is 18.9 Å². The van der Waals surface area contributed by atoms with E-state index in [2.05, 4.69) is 66.1 Å². The van der Waals surface area contributed by atoms with Gasteiger partial charge in [-0.25, -0.2) is 0 Å². The Balaban J connectivity index is 1.76. The predicted octanol–water partition coefficient (Wildman–Crippen LogP) is 3.37. The van der Waals surface area contributed by atoms with Crippen LogP contribution in [-0.2, 0) is 13.0 Å². The molecule has 2 rings (SSSR count). The molecule has 2 heteroatoms. The fourth-order valence-electron chi connectivity index (χ4n) is 2.14. The van der Waals surface area contributed by atoms with Gasteiger partial charge in [0.2, 0.25) is 0 Å². The summed E-state index contributed by atoms with van der Waals surface area (Å²) in [7, 11) is 1.94. The predicted molar refractivity (Wildman–Crippen MR) is 82.6 cm³/mol. The molecule has 0 heterocycles. The average Bonchev–Trinajstić information content (AvgIpc) is 2.46. The lowest BCUT2D eigenvalue weighted by molar-refractivity contribution is 0.685. The molecule has 0 aliphatic carbocycles. The molecule has 0 spiro atoms. The zero-order valence-electron chi connectivity index (χ0n) is 11.7. The van der Waals surface area contributed by atoms with Crippen LogP contribution in [0.1, 0.15) is 16.7 Å². The van der Waals surface area contributed by atoms with Gasteiger partial charge < -0.3 is 10.6 Å². The van der Waals surface area contributed by atoms with Gasteiger partial charge in [0.05, 0.1) is 0 Å². The van der Waals surface area contributed by atoms with Crippen molar-refractivity contribution < 1.29 is 0 Å². The minimum atomic E-state index is 0.926. The van der Waals surface area contributed by atoms with Crippen LogP contribution in [0.15, 0.2) is 48.5 Å². The van der Waals surface area contributed by atoms with E-state index in [1.54, 1.807) is 0 Å². The summed E-state index contributed by atoms with van der Waals surface area (Å²) in [5.41, 5.74) is 5.29. The van der Waals surface area contributed by atoms with E-state index < -0.39 is 0 Å². The maximum Gasteiger partial charge on any atom is 0.0337 e. The molecule has 0 radical (unpaired) electrons. The highest BCUT2D eigenvalue weighted by Crippen LogP contribution is 2.09. The van der Waals surface area contributed by atoms with Crippen LogP contribution in [0.2, 0.25) is 0 Å². The standard InChI is InChI=1S/C17H22N2/c1-14-5-3-4-6-16(14)11-12-19-13-15-7-9-17(18-2)10-8-15/h3-10,18-19H,11-13H2,1-2H3. The third kappa shape index (κ3) is 4.11. The fraction of sp³-hybridized carbons (Fsp3) is 0.294. The molecule has 2 aromatic rings. The molecule has 100 valence electrons. The fourth-order valence-corrected chi connectivity index (χ4v) is 2.14. The van der Waals surface area contributed by atoms with Gasteiger partial charge in [-0.15, -0.1) is 0 Å². The van der Waals surface area contributed by atoms with Gasteiger partial charge in [0.25, 0.3) is 0 Å². The Morgan fingerprint density at radius 1 is 0.947 bits per heavy atom. The van der Waals surface area contributed by atoms with Crippen LogP contribution < -0.4 is 10.6 Å². The number of rotatable bonds is 6. The van der Waals surface area contributed by atoms with Crippen LogP contribution in [0.4, 0.5) is 5.69 Å². The van der Waals surface area contributed by atoms with Crippen LogP contribution >= 0.6 is 0 Å². The third-order valence-electron chi connectivity index (χ3n) is 3.40. The lowest BCUT2D eigenvalue weighted by Crippen LogP contribution is -2.17. The molecule has 2 nitrogen and oxygen atoms in total. The topological polar surface area (TPSA) is 24.1 Å². The number of anilines is 1. The Hall–Kier alpha value is -1.80. The first-order valence-electron chi connectivity index (χ1n) is 6.81. The first kappa shape index (κ1) is 13.6. The molecule has 0 atom stereocenters. The van der Waals surface area contributed by atoms with Gasteiger partial charge in [-0.3, -0.25) is 0 Å². The SMILES string of the molecule is CNc1ccc(CNCCc2ccccc2C)cc1. The summed E-state index contributed by atoms with van der Waals surface area (Å²) in [4.78, 5) is 0. The highest BCUT2D eigenvalue weighted by atomic mass is 14.8. The molecule has 0 bridgehead atoms. The van der Waals surface area contributed by atoms with E-state index in [9.17, 15) is 0 Å².